The lowest BCUT2D eigenvalue weighted by Gasteiger charge is -1.99. The van der Waals surface area contributed by atoms with Gasteiger partial charge in [-0.15, -0.1) is 0 Å². The van der Waals surface area contributed by atoms with Crippen LogP contribution >= 0.6 is 0 Å². The molecule has 9 heavy (non-hydrogen) atoms. The van der Waals surface area contributed by atoms with Crippen LogP contribution in [-0.2, 0) is 0 Å². The van der Waals surface area contributed by atoms with Gasteiger partial charge in [0.05, 0.1) is 0 Å². The van der Waals surface area contributed by atoms with Crippen molar-refractivity contribution >= 4 is 0 Å². The number of benzene rings is 1. The minimum Gasteiger partial charge on any atom is -0.364 e. The summed E-state index contributed by atoms with van der Waals surface area (Å²) < 4.78 is 0. The van der Waals surface area contributed by atoms with Crippen molar-refractivity contribution in [1.82, 2.24) is 0 Å². The second kappa shape index (κ2) is 2.62. The van der Waals surface area contributed by atoms with Crippen molar-refractivity contribution < 1.29 is 10.2 Å². The molecular formula is C7H8O2. The standard InChI is InChI=1S/C7H8O2/c8-7(9)6-4-2-1-3-5-6/h1-5,7-9H/i8+1. The number of aliphatic hydroxyl groups is 2. The lowest BCUT2D eigenvalue weighted by atomic mass is 10.2. The van der Waals surface area contributed by atoms with Crippen LogP contribution in [0.4, 0.5) is 0 Å². The molecule has 0 saturated carbocycles. The summed E-state index contributed by atoms with van der Waals surface area (Å²) in [6.07, 6.45) is -1.34. The second-order valence-electron chi connectivity index (χ2n) is 1.78. The quantitative estimate of drug-likeness (QED) is 0.541. The van der Waals surface area contributed by atoms with Gasteiger partial charge >= 0.3 is 0 Å². The van der Waals surface area contributed by atoms with E-state index in [9.17, 15) is 0 Å². The van der Waals surface area contributed by atoms with Crippen molar-refractivity contribution in [2.24, 2.45) is 0 Å². The van der Waals surface area contributed by atoms with Crippen LogP contribution in [0.2, 0.25) is 0 Å². The Hall–Kier alpha value is -0.860. The summed E-state index contributed by atoms with van der Waals surface area (Å²) in [5.74, 6) is 0. The first-order valence-corrected chi connectivity index (χ1v) is 2.72. The van der Waals surface area contributed by atoms with E-state index in [0.717, 1.165) is 0 Å². The zero-order valence-corrected chi connectivity index (χ0v) is 4.86. The molecule has 0 aliphatic rings. The largest absolute Gasteiger partial charge is 0.364 e. The topological polar surface area (TPSA) is 40.5 Å². The summed E-state index contributed by atoms with van der Waals surface area (Å²) in [6, 6.07) is 8.66. The van der Waals surface area contributed by atoms with Crippen LogP contribution in [0.3, 0.4) is 0 Å². The number of hydrogen-bond acceptors (Lipinski definition) is 2. The number of hydrogen-bond donors (Lipinski definition) is 2. The highest BCUT2D eigenvalue weighted by atomic mass is 17.2. The molecule has 0 amide bonds. The fourth-order valence-electron chi connectivity index (χ4n) is 0.625. The van der Waals surface area contributed by atoms with Gasteiger partial charge < -0.3 is 10.2 Å². The van der Waals surface area contributed by atoms with Crippen molar-refractivity contribution in [2.75, 3.05) is 0 Å². The molecule has 1 rings (SSSR count). The minimum absolute atomic E-state index is 0.525. The molecule has 0 aliphatic carbocycles. The highest BCUT2D eigenvalue weighted by molar-refractivity contribution is 5.15. The zero-order chi connectivity index (χ0) is 6.69. The van der Waals surface area contributed by atoms with E-state index in [0.29, 0.717) is 5.56 Å². The van der Waals surface area contributed by atoms with Crippen LogP contribution in [-0.4, -0.2) is 10.2 Å². The maximum Gasteiger partial charge on any atom is 0.178 e. The van der Waals surface area contributed by atoms with Gasteiger partial charge in [-0.1, -0.05) is 30.3 Å². The predicted molar refractivity (Wildman–Crippen MR) is 33.6 cm³/mol. The van der Waals surface area contributed by atoms with Crippen LogP contribution in [0, 0.1) is 0 Å². The van der Waals surface area contributed by atoms with Gasteiger partial charge in [-0.25, -0.2) is 0 Å². The molecule has 1 aromatic rings. The monoisotopic (exact) mass is 125 g/mol. The average Bonchev–Trinajstić information content (AvgIpc) is 1.90. The van der Waals surface area contributed by atoms with Gasteiger partial charge in [-0.05, 0) is 0 Å². The smallest absolute Gasteiger partial charge is 0.178 e. The molecule has 0 saturated heterocycles. The van der Waals surface area contributed by atoms with Crippen molar-refractivity contribution in [3.8, 4) is 0 Å². The first kappa shape index (κ1) is 6.26. The summed E-state index contributed by atoms with van der Waals surface area (Å²) >= 11 is 0. The van der Waals surface area contributed by atoms with Gasteiger partial charge in [0.15, 0.2) is 6.29 Å². The van der Waals surface area contributed by atoms with Crippen LogP contribution in [0.5, 0.6) is 0 Å². The third kappa shape index (κ3) is 1.52. The van der Waals surface area contributed by atoms with Crippen LogP contribution in [0.1, 0.15) is 11.9 Å². The maximum absolute atomic E-state index is 8.58. The van der Waals surface area contributed by atoms with Crippen molar-refractivity contribution in [1.29, 1.82) is 0 Å². The Morgan fingerprint density at radius 1 is 1.22 bits per heavy atom. The van der Waals surface area contributed by atoms with E-state index in [4.69, 9.17) is 10.2 Å². The van der Waals surface area contributed by atoms with Gasteiger partial charge in [-0.3, -0.25) is 0 Å². The molecule has 0 aliphatic heterocycles. The molecule has 2 heteroatoms. The van der Waals surface area contributed by atoms with Gasteiger partial charge in [0.1, 0.15) is 0 Å². The molecule has 1 unspecified atom stereocenters. The maximum atomic E-state index is 8.58. The third-order valence-corrected chi connectivity index (χ3v) is 1.10. The first-order valence-electron chi connectivity index (χ1n) is 2.72. The normalized spacial score (nSPS) is 13.1. The van der Waals surface area contributed by atoms with E-state index in [-0.39, 0.29) is 0 Å². The SMILES string of the molecule is OC([17OH])c1ccccc1. The highest BCUT2D eigenvalue weighted by Crippen LogP contribution is 2.06. The molecule has 0 fully saturated rings. The minimum atomic E-state index is -1.34. The lowest BCUT2D eigenvalue weighted by molar-refractivity contribution is -0.0424. The van der Waals surface area contributed by atoms with E-state index >= 15 is 0 Å². The summed E-state index contributed by atoms with van der Waals surface area (Å²) in [4.78, 5) is 0. The zero-order valence-electron chi connectivity index (χ0n) is 4.86. The molecular weight excluding hydrogens is 117 g/mol. The molecule has 0 bridgehead atoms. The van der Waals surface area contributed by atoms with Crippen LogP contribution in [0.15, 0.2) is 30.3 Å². The average molecular weight is 125 g/mol. The van der Waals surface area contributed by atoms with Crippen LogP contribution < -0.4 is 0 Å². The Balaban J connectivity index is 2.85. The number of aliphatic hydroxyl groups excluding tert-OH is 1. The Morgan fingerprint density at radius 2 is 1.78 bits per heavy atom. The molecule has 2 nitrogen and oxygen atoms in total. The van der Waals surface area contributed by atoms with Gasteiger partial charge in [0, 0.05) is 5.56 Å². The van der Waals surface area contributed by atoms with E-state index in [2.05, 4.69) is 0 Å². The Labute approximate surface area is 53.4 Å². The number of rotatable bonds is 1. The molecule has 1 atom stereocenters. The Kier molecular flexibility index (Phi) is 1.82. The fraction of sp³-hybridized carbons (Fsp3) is 0.143. The van der Waals surface area contributed by atoms with Gasteiger partial charge in [-0.2, -0.15) is 0 Å². The van der Waals surface area contributed by atoms with Crippen molar-refractivity contribution in [3.05, 3.63) is 35.9 Å². The lowest BCUT2D eigenvalue weighted by Crippen LogP contribution is -1.92. The van der Waals surface area contributed by atoms with E-state index in [1.807, 2.05) is 6.07 Å². The van der Waals surface area contributed by atoms with E-state index < -0.39 is 6.29 Å². The van der Waals surface area contributed by atoms with Gasteiger partial charge in [0.2, 0.25) is 0 Å². The molecule has 0 heterocycles. The predicted octanol–water partition coefficient (Wildman–Crippen LogP) is 0.670. The summed E-state index contributed by atoms with van der Waals surface area (Å²) in [5.41, 5.74) is 0.525. The Bertz CT molecular complexity index is 170. The molecule has 0 radical (unpaired) electrons. The summed E-state index contributed by atoms with van der Waals surface area (Å²) in [7, 11) is 0. The summed E-state index contributed by atoms with van der Waals surface area (Å²) in [5, 5.41) is 17.2. The van der Waals surface area contributed by atoms with Crippen molar-refractivity contribution in [2.45, 2.75) is 6.29 Å². The summed E-state index contributed by atoms with van der Waals surface area (Å²) in [6.45, 7) is 0. The van der Waals surface area contributed by atoms with E-state index in [1.165, 1.54) is 0 Å². The molecule has 0 aromatic heterocycles. The fourth-order valence-corrected chi connectivity index (χ4v) is 0.625. The second-order valence-corrected chi connectivity index (χ2v) is 1.78. The third-order valence-electron chi connectivity index (χ3n) is 1.10. The molecule has 1 aromatic carbocycles. The Morgan fingerprint density at radius 3 is 2.11 bits per heavy atom. The van der Waals surface area contributed by atoms with Gasteiger partial charge in [0.25, 0.3) is 0 Å². The molecule has 48 valence electrons. The first-order chi connectivity index (χ1) is 4.30. The van der Waals surface area contributed by atoms with E-state index in [1.54, 1.807) is 24.3 Å². The molecule has 2 N–H and O–H groups in total. The van der Waals surface area contributed by atoms with Crippen LogP contribution in [0.25, 0.3) is 0 Å². The van der Waals surface area contributed by atoms with Crippen molar-refractivity contribution in [3.63, 3.8) is 0 Å². The highest BCUT2D eigenvalue weighted by Gasteiger charge is 1.97. The molecule has 0 spiro atoms.